The largest absolute Gasteiger partial charge is 0.341 e. The van der Waals surface area contributed by atoms with Gasteiger partial charge in [-0.15, -0.1) is 11.6 Å². The Bertz CT molecular complexity index is 165. The van der Waals surface area contributed by atoms with Crippen LogP contribution in [-0.2, 0) is 4.79 Å². The van der Waals surface area contributed by atoms with Gasteiger partial charge in [-0.25, -0.2) is 0 Å². The third kappa shape index (κ3) is 2.87. The first-order valence-corrected chi connectivity index (χ1v) is 5.98. The summed E-state index contributed by atoms with van der Waals surface area (Å²) in [7, 11) is 0. The fraction of sp³-hybridized carbons (Fsp3) is 0.875. The van der Waals surface area contributed by atoms with E-state index in [4.69, 9.17) is 11.6 Å². The van der Waals surface area contributed by atoms with Crippen LogP contribution in [0.2, 0.25) is 0 Å². The monoisotopic (exact) mass is 207 g/mol. The van der Waals surface area contributed by atoms with Crippen LogP contribution in [0.15, 0.2) is 0 Å². The van der Waals surface area contributed by atoms with E-state index in [9.17, 15) is 4.79 Å². The molecule has 2 nitrogen and oxygen atoms in total. The maximum Gasteiger partial charge on any atom is 0.232 e. The molecule has 1 amide bonds. The molecule has 1 unspecified atom stereocenters. The molecule has 70 valence electrons. The summed E-state index contributed by atoms with van der Waals surface area (Å²) in [5.74, 6) is 0.816. The van der Waals surface area contributed by atoms with Crippen LogP contribution in [0.4, 0.5) is 0 Å². The number of alkyl halides is 1. The molecule has 1 fully saturated rings. The van der Waals surface area contributed by atoms with Crippen LogP contribution in [0, 0.1) is 0 Å². The predicted octanol–water partition coefficient (Wildman–Crippen LogP) is 1.58. The summed E-state index contributed by atoms with van der Waals surface area (Å²) < 4.78 is 0. The molecule has 1 aliphatic rings. The number of nitrogens with zero attached hydrogens (tertiary/aromatic N) is 1. The summed E-state index contributed by atoms with van der Waals surface area (Å²) >= 11 is 7.53. The molecule has 0 spiro atoms. The second kappa shape index (κ2) is 4.97. The van der Waals surface area contributed by atoms with Gasteiger partial charge in [0.2, 0.25) is 5.91 Å². The molecule has 1 rings (SSSR count). The van der Waals surface area contributed by atoms with Crippen molar-refractivity contribution in [2.75, 3.05) is 25.1 Å². The number of hydrogen-bond acceptors (Lipinski definition) is 2. The summed E-state index contributed by atoms with van der Waals surface area (Å²) in [6, 6.07) is 0. The fourth-order valence-electron chi connectivity index (χ4n) is 1.37. The van der Waals surface area contributed by atoms with E-state index < -0.39 is 0 Å². The van der Waals surface area contributed by atoms with Crippen LogP contribution >= 0.6 is 23.4 Å². The van der Waals surface area contributed by atoms with Gasteiger partial charge in [0.05, 0.1) is 11.1 Å². The van der Waals surface area contributed by atoms with Gasteiger partial charge in [-0.05, 0) is 19.1 Å². The van der Waals surface area contributed by atoms with E-state index in [-0.39, 0.29) is 11.3 Å². The number of likely N-dealkylation sites (tertiary alicyclic amines) is 1. The summed E-state index contributed by atoms with van der Waals surface area (Å²) in [5, 5.41) is 0.171. The summed E-state index contributed by atoms with van der Waals surface area (Å²) in [4.78, 5) is 13.3. The minimum absolute atomic E-state index is 0.171. The first kappa shape index (κ1) is 10.2. The van der Waals surface area contributed by atoms with Gasteiger partial charge >= 0.3 is 0 Å². The SMILES string of the molecule is CSCC(=O)N1CCCC(Cl)C1. The number of thioether (sulfide) groups is 1. The van der Waals surface area contributed by atoms with Gasteiger partial charge in [-0.1, -0.05) is 0 Å². The molecule has 1 aliphatic heterocycles. The lowest BCUT2D eigenvalue weighted by Gasteiger charge is -2.29. The standard InChI is InChI=1S/C8H14ClNOS/c1-12-6-8(11)10-4-2-3-7(9)5-10/h7H,2-6H2,1H3. The number of rotatable bonds is 2. The van der Waals surface area contributed by atoms with Crippen molar-refractivity contribution in [1.82, 2.24) is 4.90 Å². The van der Waals surface area contributed by atoms with E-state index in [0.717, 1.165) is 25.9 Å². The molecule has 0 aliphatic carbocycles. The number of piperidine rings is 1. The third-order valence-corrected chi connectivity index (χ3v) is 2.88. The minimum Gasteiger partial charge on any atom is -0.341 e. The Kier molecular flexibility index (Phi) is 4.22. The first-order chi connectivity index (χ1) is 5.74. The van der Waals surface area contributed by atoms with Crippen LogP contribution in [-0.4, -0.2) is 41.3 Å². The van der Waals surface area contributed by atoms with Gasteiger partial charge < -0.3 is 4.90 Å². The molecule has 0 radical (unpaired) electrons. The van der Waals surface area contributed by atoms with Crippen molar-refractivity contribution in [3.05, 3.63) is 0 Å². The molecule has 0 aromatic carbocycles. The minimum atomic E-state index is 0.171. The molecule has 1 atom stereocenters. The molecule has 1 saturated heterocycles. The van der Waals surface area contributed by atoms with E-state index >= 15 is 0 Å². The van der Waals surface area contributed by atoms with Gasteiger partial charge in [0.15, 0.2) is 0 Å². The Morgan fingerprint density at radius 1 is 1.75 bits per heavy atom. The van der Waals surface area contributed by atoms with Crippen molar-refractivity contribution in [1.29, 1.82) is 0 Å². The molecule has 0 N–H and O–H groups in total. The van der Waals surface area contributed by atoms with Crippen LogP contribution in [0.1, 0.15) is 12.8 Å². The zero-order valence-electron chi connectivity index (χ0n) is 7.25. The lowest BCUT2D eigenvalue weighted by molar-refractivity contribution is -0.129. The van der Waals surface area contributed by atoms with Crippen molar-refractivity contribution in [2.45, 2.75) is 18.2 Å². The molecule has 0 aromatic heterocycles. The van der Waals surface area contributed by atoms with E-state index in [2.05, 4.69) is 0 Å². The molecule has 0 saturated carbocycles. The highest BCUT2D eigenvalue weighted by Gasteiger charge is 2.21. The van der Waals surface area contributed by atoms with Crippen LogP contribution in [0.5, 0.6) is 0 Å². The normalized spacial score (nSPS) is 24.2. The number of carbonyl (C=O) groups is 1. The Hall–Kier alpha value is 0.110. The van der Waals surface area contributed by atoms with Gasteiger partial charge in [0.25, 0.3) is 0 Å². The Labute approximate surface area is 82.6 Å². The average molecular weight is 208 g/mol. The van der Waals surface area contributed by atoms with Gasteiger partial charge in [0.1, 0.15) is 0 Å². The highest BCUT2D eigenvalue weighted by Crippen LogP contribution is 2.15. The van der Waals surface area contributed by atoms with Crippen LogP contribution < -0.4 is 0 Å². The molecular weight excluding hydrogens is 194 g/mol. The molecule has 4 heteroatoms. The maximum atomic E-state index is 11.4. The highest BCUT2D eigenvalue weighted by atomic mass is 35.5. The van der Waals surface area contributed by atoms with Gasteiger partial charge in [-0.2, -0.15) is 11.8 Å². The number of amides is 1. The van der Waals surface area contributed by atoms with Gasteiger partial charge in [-0.3, -0.25) is 4.79 Å². The Balaban J connectivity index is 2.35. The zero-order chi connectivity index (χ0) is 8.97. The quantitative estimate of drug-likeness (QED) is 0.641. The van der Waals surface area contributed by atoms with Crippen molar-refractivity contribution in [2.24, 2.45) is 0 Å². The molecule has 1 heterocycles. The second-order valence-corrected chi connectivity index (χ2v) is 4.50. The summed E-state index contributed by atoms with van der Waals surface area (Å²) in [6.45, 7) is 1.63. The maximum absolute atomic E-state index is 11.4. The first-order valence-electron chi connectivity index (χ1n) is 4.15. The second-order valence-electron chi connectivity index (χ2n) is 3.01. The van der Waals surface area contributed by atoms with Crippen LogP contribution in [0.25, 0.3) is 0 Å². The fourth-order valence-corrected chi connectivity index (χ4v) is 2.12. The van der Waals surface area contributed by atoms with Crippen molar-refractivity contribution in [3.8, 4) is 0 Å². The van der Waals surface area contributed by atoms with E-state index in [0.29, 0.717) is 5.75 Å². The molecule has 12 heavy (non-hydrogen) atoms. The number of carbonyl (C=O) groups excluding carboxylic acids is 1. The van der Waals surface area contributed by atoms with E-state index in [1.54, 1.807) is 11.8 Å². The lowest BCUT2D eigenvalue weighted by atomic mass is 10.1. The smallest absolute Gasteiger partial charge is 0.232 e. The van der Waals surface area contributed by atoms with Crippen molar-refractivity contribution < 1.29 is 4.79 Å². The van der Waals surface area contributed by atoms with Crippen molar-refractivity contribution >= 4 is 29.3 Å². The van der Waals surface area contributed by atoms with Gasteiger partial charge in [0, 0.05) is 13.1 Å². The van der Waals surface area contributed by atoms with Crippen molar-refractivity contribution in [3.63, 3.8) is 0 Å². The molecular formula is C8H14ClNOS. The summed E-state index contributed by atoms with van der Waals surface area (Å²) in [6.07, 6.45) is 4.04. The highest BCUT2D eigenvalue weighted by molar-refractivity contribution is 7.99. The predicted molar refractivity (Wildman–Crippen MR) is 53.8 cm³/mol. The van der Waals surface area contributed by atoms with E-state index in [1.807, 2.05) is 11.2 Å². The molecule has 0 bridgehead atoms. The Morgan fingerprint density at radius 2 is 2.50 bits per heavy atom. The topological polar surface area (TPSA) is 20.3 Å². The molecule has 0 aromatic rings. The third-order valence-electron chi connectivity index (χ3n) is 1.98. The van der Waals surface area contributed by atoms with E-state index in [1.165, 1.54) is 0 Å². The lowest BCUT2D eigenvalue weighted by Crippen LogP contribution is -2.41. The summed E-state index contributed by atoms with van der Waals surface area (Å²) in [5.41, 5.74) is 0. The number of hydrogen-bond donors (Lipinski definition) is 0. The van der Waals surface area contributed by atoms with Crippen LogP contribution in [0.3, 0.4) is 0 Å². The zero-order valence-corrected chi connectivity index (χ0v) is 8.83. The number of halogens is 1. The average Bonchev–Trinajstić information content (AvgIpc) is 2.05. The Morgan fingerprint density at radius 3 is 3.08 bits per heavy atom.